The number of nitrogens with one attached hydrogen (secondary N) is 2. The van der Waals surface area contributed by atoms with Crippen LogP contribution < -0.4 is 15.5 Å². The van der Waals surface area contributed by atoms with Crippen molar-refractivity contribution in [3.63, 3.8) is 0 Å². The molecule has 0 aliphatic carbocycles. The van der Waals surface area contributed by atoms with Crippen LogP contribution in [0.1, 0.15) is 45.7 Å². The number of pyridine rings is 1. The fraction of sp³-hybridized carbons (Fsp3) is 0.310. The number of aromatic carboxylic acids is 1. The number of thioether (sulfide) groups is 1. The summed E-state index contributed by atoms with van der Waals surface area (Å²) in [4.78, 5) is 50.5. The molecule has 0 saturated carbocycles. The summed E-state index contributed by atoms with van der Waals surface area (Å²) in [6, 6.07) is 8.00. The third kappa shape index (κ3) is 7.38. The first-order valence-electron chi connectivity index (χ1n) is 13.4. The predicted octanol–water partition coefficient (Wildman–Crippen LogP) is 4.89. The number of amides is 2. The Bertz CT molecular complexity index is 1610. The highest BCUT2D eigenvalue weighted by molar-refractivity contribution is 8.18. The summed E-state index contributed by atoms with van der Waals surface area (Å²) in [6.45, 7) is 3.70. The second kappa shape index (κ2) is 12.5. The molecule has 0 unspecified atom stereocenters. The number of aromatic nitrogens is 3. The van der Waals surface area contributed by atoms with Gasteiger partial charge in [-0.2, -0.15) is 13.2 Å². The Hall–Kier alpha value is -4.30. The van der Waals surface area contributed by atoms with Gasteiger partial charge in [0.05, 0.1) is 33.1 Å². The lowest BCUT2D eigenvalue weighted by Gasteiger charge is -2.32. The normalized spacial score (nSPS) is 17.0. The van der Waals surface area contributed by atoms with Crippen LogP contribution in [0.2, 0.25) is 0 Å². The van der Waals surface area contributed by atoms with Crippen LogP contribution in [0.25, 0.3) is 17.3 Å². The van der Waals surface area contributed by atoms with Crippen molar-refractivity contribution < 1.29 is 32.7 Å². The van der Waals surface area contributed by atoms with Crippen LogP contribution in [0.4, 0.5) is 23.9 Å². The lowest BCUT2D eigenvalue weighted by molar-refractivity contribution is -0.137. The number of carboxylic acid groups (broad SMARTS) is 1. The zero-order valence-corrected chi connectivity index (χ0v) is 23.8. The van der Waals surface area contributed by atoms with Gasteiger partial charge in [0.1, 0.15) is 0 Å². The molecule has 0 spiro atoms. The minimum atomic E-state index is -4.62. The Morgan fingerprint density at radius 3 is 2.60 bits per heavy atom. The number of alkyl halides is 3. The van der Waals surface area contributed by atoms with Gasteiger partial charge in [0, 0.05) is 31.4 Å². The van der Waals surface area contributed by atoms with E-state index in [9.17, 15) is 32.7 Å². The van der Waals surface area contributed by atoms with Crippen molar-refractivity contribution >= 4 is 40.9 Å². The number of piperidine rings is 1. The van der Waals surface area contributed by atoms with E-state index in [1.807, 2.05) is 4.90 Å². The SMILES string of the molecule is Cc1ccc(C(=O)O)c(-c2cc(C(F)(F)F)cc(CNCC3CCN(c4nccc(C=C5SC(=O)NC5=O)n4)CC3)n2)c1. The Kier molecular flexibility index (Phi) is 8.78. The second-order valence-electron chi connectivity index (χ2n) is 10.3. The van der Waals surface area contributed by atoms with Crippen molar-refractivity contribution in [2.24, 2.45) is 5.92 Å². The Balaban J connectivity index is 1.21. The molecule has 2 aliphatic heterocycles. The molecule has 4 heterocycles. The molecule has 10 nitrogen and oxygen atoms in total. The van der Waals surface area contributed by atoms with Gasteiger partial charge >= 0.3 is 12.1 Å². The molecule has 3 aromatic rings. The van der Waals surface area contributed by atoms with Crippen molar-refractivity contribution in [1.82, 2.24) is 25.6 Å². The van der Waals surface area contributed by atoms with Gasteiger partial charge in [0.15, 0.2) is 0 Å². The van der Waals surface area contributed by atoms with Crippen molar-refractivity contribution in [3.8, 4) is 11.3 Å². The lowest BCUT2D eigenvalue weighted by atomic mass is 9.97. The quantitative estimate of drug-likeness (QED) is 0.302. The van der Waals surface area contributed by atoms with Crippen molar-refractivity contribution in [1.29, 1.82) is 0 Å². The van der Waals surface area contributed by atoms with E-state index < -0.39 is 28.9 Å². The zero-order valence-electron chi connectivity index (χ0n) is 22.9. The van der Waals surface area contributed by atoms with Crippen molar-refractivity contribution in [2.45, 2.75) is 32.5 Å². The Labute approximate surface area is 248 Å². The molecule has 2 saturated heterocycles. The number of hydrogen-bond acceptors (Lipinski definition) is 9. The van der Waals surface area contributed by atoms with E-state index in [2.05, 4.69) is 25.6 Å². The number of carbonyl (C=O) groups is 3. The van der Waals surface area contributed by atoms with Crippen LogP contribution in [-0.2, 0) is 17.5 Å². The zero-order chi connectivity index (χ0) is 30.7. The molecular formula is C29H27F3N6O4S. The van der Waals surface area contributed by atoms with Gasteiger partial charge in [-0.15, -0.1) is 0 Å². The number of hydrogen-bond donors (Lipinski definition) is 3. The van der Waals surface area contributed by atoms with Gasteiger partial charge in [-0.3, -0.25) is 19.9 Å². The average Bonchev–Trinajstić information content (AvgIpc) is 3.28. The number of anilines is 1. The third-order valence-electron chi connectivity index (χ3n) is 7.11. The van der Waals surface area contributed by atoms with Gasteiger partial charge in [-0.1, -0.05) is 11.6 Å². The van der Waals surface area contributed by atoms with Gasteiger partial charge in [-0.05, 0) is 80.4 Å². The number of benzene rings is 1. The topological polar surface area (TPSA) is 137 Å². The molecular weight excluding hydrogens is 585 g/mol. The van der Waals surface area contributed by atoms with E-state index in [0.29, 0.717) is 36.8 Å². The molecule has 0 bridgehead atoms. The van der Waals surface area contributed by atoms with Crippen LogP contribution in [-0.4, -0.2) is 56.8 Å². The van der Waals surface area contributed by atoms with Crippen molar-refractivity contribution in [3.05, 3.63) is 75.6 Å². The molecule has 1 aromatic carbocycles. The first kappa shape index (κ1) is 30.2. The van der Waals surface area contributed by atoms with Crippen LogP contribution in [0, 0.1) is 12.8 Å². The third-order valence-corrected chi connectivity index (χ3v) is 7.92. The smallest absolute Gasteiger partial charge is 0.416 e. The number of aryl methyl sites for hydroxylation is 1. The number of rotatable bonds is 8. The second-order valence-corrected chi connectivity index (χ2v) is 11.3. The van der Waals surface area contributed by atoms with E-state index in [1.165, 1.54) is 12.1 Å². The molecule has 2 aliphatic rings. The van der Waals surface area contributed by atoms with E-state index in [-0.39, 0.29) is 39.9 Å². The maximum absolute atomic E-state index is 13.7. The highest BCUT2D eigenvalue weighted by Gasteiger charge is 2.32. The maximum Gasteiger partial charge on any atom is 0.416 e. The summed E-state index contributed by atoms with van der Waals surface area (Å²) in [6.07, 6.45) is 0.0969. The van der Waals surface area contributed by atoms with Crippen LogP contribution in [0.15, 0.2) is 47.5 Å². The van der Waals surface area contributed by atoms with E-state index in [1.54, 1.807) is 31.3 Å². The van der Waals surface area contributed by atoms with Gasteiger partial charge in [-0.25, -0.2) is 14.8 Å². The summed E-state index contributed by atoms with van der Waals surface area (Å²) >= 11 is 0.817. The summed E-state index contributed by atoms with van der Waals surface area (Å²) in [7, 11) is 0. The number of carbonyl (C=O) groups excluding carboxylic acids is 2. The minimum absolute atomic E-state index is 0.0438. The van der Waals surface area contributed by atoms with Gasteiger partial charge < -0.3 is 15.3 Å². The fourth-order valence-corrected chi connectivity index (χ4v) is 5.59. The van der Waals surface area contributed by atoms with E-state index in [0.717, 1.165) is 36.7 Å². The predicted molar refractivity (Wildman–Crippen MR) is 154 cm³/mol. The first-order valence-corrected chi connectivity index (χ1v) is 14.2. The maximum atomic E-state index is 13.7. The largest absolute Gasteiger partial charge is 0.478 e. The summed E-state index contributed by atoms with van der Waals surface area (Å²) in [5.74, 6) is -0.939. The Morgan fingerprint density at radius 1 is 1.16 bits per heavy atom. The number of nitrogens with zero attached hydrogens (tertiary/aromatic N) is 4. The summed E-state index contributed by atoms with van der Waals surface area (Å²) in [5, 5.41) is 14.6. The highest BCUT2D eigenvalue weighted by atomic mass is 32.2. The minimum Gasteiger partial charge on any atom is -0.478 e. The molecule has 2 aromatic heterocycles. The lowest BCUT2D eigenvalue weighted by Crippen LogP contribution is -2.38. The molecule has 0 atom stereocenters. The van der Waals surface area contributed by atoms with Gasteiger partial charge in [0.2, 0.25) is 5.95 Å². The van der Waals surface area contributed by atoms with E-state index >= 15 is 0 Å². The van der Waals surface area contributed by atoms with Crippen LogP contribution >= 0.6 is 11.8 Å². The monoisotopic (exact) mass is 612 g/mol. The Morgan fingerprint density at radius 2 is 1.93 bits per heavy atom. The fourth-order valence-electron chi connectivity index (χ4n) is 4.93. The first-order chi connectivity index (χ1) is 20.5. The molecule has 224 valence electrons. The number of carboxylic acids is 1. The molecule has 5 rings (SSSR count). The summed E-state index contributed by atoms with van der Waals surface area (Å²) < 4.78 is 41.2. The van der Waals surface area contributed by atoms with Gasteiger partial charge in [0.25, 0.3) is 11.1 Å². The molecule has 3 N–H and O–H groups in total. The highest BCUT2D eigenvalue weighted by Crippen LogP contribution is 2.34. The molecule has 14 heteroatoms. The number of halogens is 3. The molecule has 2 amide bonds. The van der Waals surface area contributed by atoms with E-state index in [4.69, 9.17) is 0 Å². The number of imide groups is 1. The molecule has 0 radical (unpaired) electrons. The van der Waals surface area contributed by atoms with Crippen molar-refractivity contribution in [2.75, 3.05) is 24.5 Å². The average molecular weight is 613 g/mol. The van der Waals surface area contributed by atoms with Crippen LogP contribution in [0.3, 0.4) is 0 Å². The summed E-state index contributed by atoms with van der Waals surface area (Å²) in [5.41, 5.74) is 0.456. The molecule has 43 heavy (non-hydrogen) atoms. The van der Waals surface area contributed by atoms with Crippen LogP contribution in [0.5, 0.6) is 0 Å². The standard InChI is InChI=1S/C29H27F3N6O4S/c1-16-2-3-21(26(40)41)22(10-16)23-12-18(29(30,31)32)11-20(35-23)15-33-14-17-5-8-38(9-6-17)27-34-7-4-19(36-27)13-24-25(39)37-28(42)43-24/h2-4,7,10-13,17,33H,5-6,8-9,14-15H2,1H3,(H,40,41)(H,37,39,42). The molecule has 2 fully saturated rings.